The van der Waals surface area contributed by atoms with Gasteiger partial charge in [0.2, 0.25) is 0 Å². The zero-order valence-electron chi connectivity index (χ0n) is 11.7. The highest BCUT2D eigenvalue weighted by Gasteiger charge is 1.99. The largest absolute Gasteiger partial charge is 0.313 e. The molecule has 0 amide bonds. The van der Waals surface area contributed by atoms with Gasteiger partial charge in [-0.15, -0.1) is 11.8 Å². The summed E-state index contributed by atoms with van der Waals surface area (Å²) < 4.78 is 1.13. The summed E-state index contributed by atoms with van der Waals surface area (Å²) in [6, 6.07) is 17.3. The minimum Gasteiger partial charge on any atom is -0.313 e. The van der Waals surface area contributed by atoms with Gasteiger partial charge in [0, 0.05) is 21.7 Å². The third kappa shape index (κ3) is 5.31. The van der Waals surface area contributed by atoms with Crippen molar-refractivity contribution in [3.8, 4) is 0 Å². The Balaban J connectivity index is 1.89. The summed E-state index contributed by atoms with van der Waals surface area (Å²) in [7, 11) is 0. The van der Waals surface area contributed by atoms with E-state index in [2.05, 4.69) is 76.7 Å². The average Bonchev–Trinajstić information content (AvgIpc) is 2.47. The van der Waals surface area contributed by atoms with Gasteiger partial charge in [-0.3, -0.25) is 0 Å². The molecule has 0 atom stereocenters. The molecule has 2 aromatic rings. The van der Waals surface area contributed by atoms with Crippen LogP contribution in [0.5, 0.6) is 0 Å². The lowest BCUT2D eigenvalue weighted by molar-refractivity contribution is 0.674. The Morgan fingerprint density at radius 3 is 2.60 bits per heavy atom. The monoisotopic (exact) mass is 349 g/mol. The van der Waals surface area contributed by atoms with Crippen LogP contribution in [-0.4, -0.2) is 6.54 Å². The van der Waals surface area contributed by atoms with Crippen molar-refractivity contribution >= 4 is 27.7 Å². The van der Waals surface area contributed by atoms with E-state index in [-0.39, 0.29) is 0 Å². The molecular weight excluding hydrogens is 330 g/mol. The molecule has 0 fully saturated rings. The fourth-order valence-electron chi connectivity index (χ4n) is 1.90. The predicted molar refractivity (Wildman–Crippen MR) is 92.1 cm³/mol. The smallest absolute Gasteiger partial charge is 0.0232 e. The predicted octanol–water partition coefficient (Wildman–Crippen LogP) is 5.24. The van der Waals surface area contributed by atoms with Crippen LogP contribution in [0.2, 0.25) is 0 Å². The number of halogens is 1. The molecule has 0 radical (unpaired) electrons. The van der Waals surface area contributed by atoms with Gasteiger partial charge in [-0.1, -0.05) is 47.1 Å². The lowest BCUT2D eigenvalue weighted by Gasteiger charge is -2.06. The van der Waals surface area contributed by atoms with Crippen molar-refractivity contribution in [3.05, 3.63) is 64.1 Å². The maximum absolute atomic E-state index is 3.47. The van der Waals surface area contributed by atoms with Gasteiger partial charge in [0.1, 0.15) is 0 Å². The molecule has 3 heteroatoms. The van der Waals surface area contributed by atoms with Crippen LogP contribution in [0.3, 0.4) is 0 Å². The van der Waals surface area contributed by atoms with Crippen LogP contribution < -0.4 is 5.32 Å². The molecule has 0 aliphatic carbocycles. The molecule has 1 nitrogen and oxygen atoms in total. The second-order valence-corrected chi connectivity index (χ2v) is 6.70. The molecule has 0 unspecified atom stereocenters. The van der Waals surface area contributed by atoms with Gasteiger partial charge in [-0.05, 0) is 48.4 Å². The van der Waals surface area contributed by atoms with Crippen LogP contribution in [-0.2, 0) is 12.3 Å². The first-order valence-corrected chi connectivity index (χ1v) is 8.72. The number of hydrogen-bond acceptors (Lipinski definition) is 2. The quantitative estimate of drug-likeness (QED) is 0.541. The van der Waals surface area contributed by atoms with E-state index in [0.717, 1.165) is 23.3 Å². The fraction of sp³-hybridized carbons (Fsp3) is 0.294. The van der Waals surface area contributed by atoms with Crippen molar-refractivity contribution in [1.29, 1.82) is 0 Å². The fourth-order valence-corrected chi connectivity index (χ4v) is 3.10. The first-order valence-electron chi connectivity index (χ1n) is 6.95. The molecule has 2 rings (SSSR count). The van der Waals surface area contributed by atoms with E-state index in [1.807, 2.05) is 11.8 Å². The highest BCUT2D eigenvalue weighted by atomic mass is 79.9. The molecule has 2 aromatic carbocycles. The Morgan fingerprint density at radius 2 is 1.85 bits per heavy atom. The van der Waals surface area contributed by atoms with E-state index in [9.17, 15) is 0 Å². The van der Waals surface area contributed by atoms with Crippen LogP contribution in [0.25, 0.3) is 0 Å². The summed E-state index contributed by atoms with van der Waals surface area (Å²) in [4.78, 5) is 1.34. The highest BCUT2D eigenvalue weighted by Crippen LogP contribution is 2.24. The summed E-state index contributed by atoms with van der Waals surface area (Å²) >= 11 is 5.36. The van der Waals surface area contributed by atoms with E-state index >= 15 is 0 Å². The van der Waals surface area contributed by atoms with Gasteiger partial charge >= 0.3 is 0 Å². The van der Waals surface area contributed by atoms with Gasteiger partial charge < -0.3 is 5.32 Å². The molecule has 0 saturated carbocycles. The van der Waals surface area contributed by atoms with Crippen LogP contribution in [0.15, 0.2) is 57.9 Å². The number of rotatable bonds is 7. The van der Waals surface area contributed by atoms with Crippen molar-refractivity contribution < 1.29 is 0 Å². The second kappa shape index (κ2) is 8.50. The Labute approximate surface area is 134 Å². The summed E-state index contributed by atoms with van der Waals surface area (Å²) in [6.45, 7) is 4.23. The van der Waals surface area contributed by atoms with Crippen molar-refractivity contribution in [2.45, 2.75) is 30.5 Å². The average molecular weight is 350 g/mol. The topological polar surface area (TPSA) is 12.0 Å². The van der Waals surface area contributed by atoms with Crippen LogP contribution in [0.1, 0.15) is 24.5 Å². The van der Waals surface area contributed by atoms with Gasteiger partial charge in [0.05, 0.1) is 0 Å². The molecule has 0 spiro atoms. The van der Waals surface area contributed by atoms with Crippen LogP contribution in [0.4, 0.5) is 0 Å². The molecule has 0 heterocycles. The van der Waals surface area contributed by atoms with E-state index in [4.69, 9.17) is 0 Å². The van der Waals surface area contributed by atoms with E-state index in [1.54, 1.807) is 0 Å². The Hall–Kier alpha value is -0.770. The molecule has 106 valence electrons. The summed E-state index contributed by atoms with van der Waals surface area (Å²) in [5.41, 5.74) is 2.71. The summed E-state index contributed by atoms with van der Waals surface area (Å²) in [6.07, 6.45) is 1.18. The first-order chi connectivity index (χ1) is 9.78. The molecule has 20 heavy (non-hydrogen) atoms. The van der Waals surface area contributed by atoms with Gasteiger partial charge in [-0.2, -0.15) is 0 Å². The lowest BCUT2D eigenvalue weighted by atomic mass is 10.2. The van der Waals surface area contributed by atoms with Crippen molar-refractivity contribution in [3.63, 3.8) is 0 Å². The number of nitrogens with one attached hydrogen (secondary N) is 1. The highest BCUT2D eigenvalue weighted by molar-refractivity contribution is 9.10. The molecule has 0 saturated heterocycles. The van der Waals surface area contributed by atoms with Crippen LogP contribution >= 0.6 is 27.7 Å². The standard InChI is InChI=1S/C17H20BrNS/c1-2-10-19-12-15-4-3-5-17(11-15)20-13-14-6-8-16(18)9-7-14/h3-9,11,19H,2,10,12-13H2,1H3. The van der Waals surface area contributed by atoms with Gasteiger partial charge in [0.15, 0.2) is 0 Å². The zero-order valence-corrected chi connectivity index (χ0v) is 14.1. The number of hydrogen-bond donors (Lipinski definition) is 1. The van der Waals surface area contributed by atoms with Crippen molar-refractivity contribution in [2.24, 2.45) is 0 Å². The van der Waals surface area contributed by atoms with Gasteiger partial charge in [-0.25, -0.2) is 0 Å². The summed E-state index contributed by atoms with van der Waals surface area (Å²) in [5.74, 6) is 1.01. The minimum atomic E-state index is 0.959. The van der Waals surface area contributed by atoms with E-state index in [1.165, 1.54) is 22.4 Å². The zero-order chi connectivity index (χ0) is 14.2. The maximum atomic E-state index is 3.47. The third-order valence-corrected chi connectivity index (χ3v) is 4.57. The Morgan fingerprint density at radius 1 is 1.05 bits per heavy atom. The Bertz CT molecular complexity index is 525. The molecule has 1 N–H and O–H groups in total. The van der Waals surface area contributed by atoms with Crippen molar-refractivity contribution in [1.82, 2.24) is 5.32 Å². The summed E-state index contributed by atoms with van der Waals surface area (Å²) in [5, 5.41) is 3.44. The number of benzene rings is 2. The molecule has 0 aliphatic rings. The third-order valence-electron chi connectivity index (χ3n) is 2.97. The molecule has 0 aliphatic heterocycles. The Kier molecular flexibility index (Phi) is 6.64. The normalized spacial score (nSPS) is 10.7. The first kappa shape index (κ1) is 15.6. The second-order valence-electron chi connectivity index (χ2n) is 4.74. The van der Waals surface area contributed by atoms with Crippen molar-refractivity contribution in [2.75, 3.05) is 6.54 Å². The minimum absolute atomic E-state index is 0.959. The molecule has 0 aromatic heterocycles. The molecule has 0 bridgehead atoms. The maximum Gasteiger partial charge on any atom is 0.0232 e. The van der Waals surface area contributed by atoms with E-state index < -0.39 is 0 Å². The molecular formula is C17H20BrNS. The van der Waals surface area contributed by atoms with Crippen LogP contribution in [0, 0.1) is 0 Å². The number of thioether (sulfide) groups is 1. The van der Waals surface area contributed by atoms with Gasteiger partial charge in [0.25, 0.3) is 0 Å². The lowest BCUT2D eigenvalue weighted by Crippen LogP contribution is -2.13. The van der Waals surface area contributed by atoms with E-state index in [0.29, 0.717) is 0 Å². The SMILES string of the molecule is CCCNCc1cccc(SCc2ccc(Br)cc2)c1.